The summed E-state index contributed by atoms with van der Waals surface area (Å²) in [6, 6.07) is 29.1. The fraction of sp³-hybridized carbons (Fsp3) is 0.133. The molecule has 0 heterocycles. The van der Waals surface area contributed by atoms with Crippen molar-refractivity contribution in [3.05, 3.63) is 102 Å². The van der Waals surface area contributed by atoms with E-state index in [1.54, 1.807) is 19.2 Å². The van der Waals surface area contributed by atoms with Gasteiger partial charge in [0.25, 0.3) is 0 Å². The topological polar surface area (TPSA) is 88.8 Å². The van der Waals surface area contributed by atoms with Crippen molar-refractivity contribution in [2.24, 2.45) is 0 Å². The molecule has 4 rings (SSSR count). The highest BCUT2D eigenvalue weighted by molar-refractivity contribution is 5.75. The van der Waals surface area contributed by atoms with Crippen LogP contribution in [0, 0.1) is 18.3 Å². The molecule has 0 aliphatic carbocycles. The van der Waals surface area contributed by atoms with Gasteiger partial charge in [-0.05, 0) is 101 Å². The molecule has 0 unspecified atom stereocenters. The van der Waals surface area contributed by atoms with Crippen LogP contribution in [0.5, 0.6) is 17.2 Å². The molecular formula is C30H25NO5. The van der Waals surface area contributed by atoms with E-state index in [9.17, 15) is 4.79 Å². The van der Waals surface area contributed by atoms with Gasteiger partial charge in [-0.15, -0.1) is 0 Å². The van der Waals surface area contributed by atoms with Crippen LogP contribution in [0.2, 0.25) is 0 Å². The van der Waals surface area contributed by atoms with Gasteiger partial charge in [-0.1, -0.05) is 24.3 Å². The predicted molar refractivity (Wildman–Crippen MR) is 137 cm³/mol. The average Bonchev–Trinajstić information content (AvgIpc) is 2.91. The Labute approximate surface area is 209 Å². The number of methoxy groups -OCH3 is 1. The summed E-state index contributed by atoms with van der Waals surface area (Å²) in [6.07, 6.45) is 0. The first kappa shape index (κ1) is 24.4. The van der Waals surface area contributed by atoms with E-state index < -0.39 is 12.6 Å². The maximum Gasteiger partial charge on any atom is 0.341 e. The third-order valence-corrected chi connectivity index (χ3v) is 5.67. The first-order valence-corrected chi connectivity index (χ1v) is 11.3. The highest BCUT2D eigenvalue weighted by atomic mass is 16.5. The zero-order valence-corrected chi connectivity index (χ0v) is 20.0. The van der Waals surface area contributed by atoms with Crippen LogP contribution in [0.3, 0.4) is 0 Å². The molecule has 4 aromatic rings. The van der Waals surface area contributed by atoms with Crippen LogP contribution in [-0.2, 0) is 11.4 Å². The smallest absolute Gasteiger partial charge is 0.341 e. The van der Waals surface area contributed by atoms with Gasteiger partial charge in [-0.3, -0.25) is 0 Å². The monoisotopic (exact) mass is 479 g/mol. The van der Waals surface area contributed by atoms with Gasteiger partial charge < -0.3 is 19.3 Å². The highest BCUT2D eigenvalue weighted by Crippen LogP contribution is 2.31. The molecule has 0 aliphatic rings. The van der Waals surface area contributed by atoms with Crippen LogP contribution in [0.1, 0.15) is 16.7 Å². The lowest BCUT2D eigenvalue weighted by molar-refractivity contribution is -0.139. The molecule has 6 heteroatoms. The molecule has 6 nitrogen and oxygen atoms in total. The summed E-state index contributed by atoms with van der Waals surface area (Å²) in [6.45, 7) is 1.79. The van der Waals surface area contributed by atoms with Gasteiger partial charge in [-0.2, -0.15) is 5.26 Å². The van der Waals surface area contributed by atoms with Crippen molar-refractivity contribution in [3.63, 3.8) is 0 Å². The SMILES string of the molecule is COc1ccc(-c2cc(COc3ccc(OCC(=O)O)c(C)c3)cc(-c3ccc(C#N)cc3)c2)cc1. The number of carboxylic acids is 1. The van der Waals surface area contributed by atoms with E-state index >= 15 is 0 Å². The number of ether oxygens (including phenoxy) is 3. The average molecular weight is 480 g/mol. The van der Waals surface area contributed by atoms with Crippen LogP contribution >= 0.6 is 0 Å². The van der Waals surface area contributed by atoms with Crippen molar-refractivity contribution in [2.75, 3.05) is 13.7 Å². The Morgan fingerprint density at radius 3 is 1.97 bits per heavy atom. The third-order valence-electron chi connectivity index (χ3n) is 5.67. The van der Waals surface area contributed by atoms with Gasteiger partial charge in [0.05, 0.1) is 18.7 Å². The number of rotatable bonds is 9. The minimum absolute atomic E-state index is 0.335. The molecule has 180 valence electrons. The predicted octanol–water partition coefficient (Wildman–Crippen LogP) is 6.25. The number of nitriles is 1. The number of nitrogens with zero attached hydrogens (tertiary/aromatic N) is 1. The van der Waals surface area contributed by atoms with Crippen LogP contribution in [-0.4, -0.2) is 24.8 Å². The third kappa shape index (κ3) is 6.02. The Hall–Kier alpha value is -4.76. The van der Waals surface area contributed by atoms with Crippen molar-refractivity contribution in [2.45, 2.75) is 13.5 Å². The molecule has 1 N–H and O–H groups in total. The maximum atomic E-state index is 10.8. The standard InChI is InChI=1S/C30H25NO5/c1-20-13-28(11-12-29(20)36-19-30(32)33)35-18-22-14-25(23-5-3-21(17-31)4-6-23)16-26(15-22)24-7-9-27(34-2)10-8-24/h3-16H,18-19H2,1-2H3,(H,32,33). The second kappa shape index (κ2) is 11.1. The Balaban J connectivity index is 1.62. The molecule has 0 aliphatic heterocycles. The van der Waals surface area contributed by atoms with Crippen molar-refractivity contribution in [3.8, 4) is 45.6 Å². The van der Waals surface area contributed by atoms with Gasteiger partial charge in [0.1, 0.15) is 23.9 Å². The largest absolute Gasteiger partial charge is 0.497 e. The number of aliphatic carboxylic acids is 1. The van der Waals surface area contributed by atoms with Gasteiger partial charge in [0.15, 0.2) is 6.61 Å². The summed E-state index contributed by atoms with van der Waals surface area (Å²) in [5.41, 5.74) is 6.47. The molecule has 36 heavy (non-hydrogen) atoms. The Kier molecular flexibility index (Phi) is 7.52. The van der Waals surface area contributed by atoms with Gasteiger partial charge >= 0.3 is 5.97 Å². The highest BCUT2D eigenvalue weighted by Gasteiger charge is 2.09. The summed E-state index contributed by atoms with van der Waals surface area (Å²) in [5.74, 6) is 0.931. The molecule has 0 atom stereocenters. The molecule has 0 bridgehead atoms. The zero-order valence-electron chi connectivity index (χ0n) is 20.0. The summed E-state index contributed by atoms with van der Waals surface area (Å²) in [7, 11) is 1.64. The van der Waals surface area contributed by atoms with E-state index in [1.165, 1.54) is 0 Å². The second-order valence-corrected chi connectivity index (χ2v) is 8.23. The number of hydrogen-bond donors (Lipinski definition) is 1. The Bertz CT molecular complexity index is 1400. The van der Waals surface area contributed by atoms with Crippen molar-refractivity contribution >= 4 is 5.97 Å². The van der Waals surface area contributed by atoms with Gasteiger partial charge in [-0.25, -0.2) is 4.79 Å². The molecule has 0 aromatic heterocycles. The number of benzene rings is 4. The number of hydrogen-bond acceptors (Lipinski definition) is 5. The number of aryl methyl sites for hydroxylation is 1. The molecule has 0 amide bonds. The first-order chi connectivity index (χ1) is 17.4. The molecule has 0 saturated heterocycles. The summed E-state index contributed by atoms with van der Waals surface area (Å²) >= 11 is 0. The molecule has 0 radical (unpaired) electrons. The van der Waals surface area contributed by atoms with E-state index in [0.717, 1.165) is 39.1 Å². The lowest BCUT2D eigenvalue weighted by atomic mass is 9.96. The van der Waals surface area contributed by atoms with Crippen LogP contribution < -0.4 is 14.2 Å². The fourth-order valence-corrected chi connectivity index (χ4v) is 3.81. The maximum absolute atomic E-state index is 10.8. The quantitative estimate of drug-likeness (QED) is 0.305. The van der Waals surface area contributed by atoms with Gasteiger partial charge in [0.2, 0.25) is 0 Å². The van der Waals surface area contributed by atoms with Crippen LogP contribution in [0.4, 0.5) is 0 Å². The lowest BCUT2D eigenvalue weighted by Gasteiger charge is -2.14. The van der Waals surface area contributed by atoms with Gasteiger partial charge in [0, 0.05) is 0 Å². The second-order valence-electron chi connectivity index (χ2n) is 8.23. The Morgan fingerprint density at radius 2 is 1.42 bits per heavy atom. The summed E-state index contributed by atoms with van der Waals surface area (Å²) in [5, 5.41) is 18.0. The van der Waals surface area contributed by atoms with Crippen LogP contribution in [0.25, 0.3) is 22.3 Å². The van der Waals surface area contributed by atoms with Crippen molar-refractivity contribution in [1.82, 2.24) is 0 Å². The lowest BCUT2D eigenvalue weighted by Crippen LogP contribution is -2.10. The van der Waals surface area contributed by atoms with Crippen molar-refractivity contribution < 1.29 is 24.1 Å². The zero-order chi connectivity index (χ0) is 25.5. The molecule has 0 spiro atoms. The van der Waals surface area contributed by atoms with E-state index in [1.807, 2.05) is 61.5 Å². The van der Waals surface area contributed by atoms with E-state index in [4.69, 9.17) is 24.6 Å². The molecule has 0 fully saturated rings. The van der Waals surface area contributed by atoms with Crippen molar-refractivity contribution in [1.29, 1.82) is 5.26 Å². The molecule has 4 aromatic carbocycles. The molecular weight excluding hydrogens is 454 g/mol. The van der Waals surface area contributed by atoms with E-state index in [-0.39, 0.29) is 0 Å². The van der Waals surface area contributed by atoms with E-state index in [2.05, 4.69) is 24.3 Å². The number of carboxylic acid groups (broad SMARTS) is 1. The minimum Gasteiger partial charge on any atom is -0.497 e. The fourth-order valence-electron chi connectivity index (χ4n) is 3.81. The minimum atomic E-state index is -1.02. The summed E-state index contributed by atoms with van der Waals surface area (Å²) in [4.78, 5) is 10.8. The molecule has 0 saturated carbocycles. The Morgan fingerprint density at radius 1 is 0.806 bits per heavy atom. The number of carbonyl (C=O) groups is 1. The first-order valence-electron chi connectivity index (χ1n) is 11.3. The summed E-state index contributed by atoms with van der Waals surface area (Å²) < 4.78 is 16.7. The van der Waals surface area contributed by atoms with E-state index in [0.29, 0.717) is 23.7 Å². The normalized spacial score (nSPS) is 10.4. The van der Waals surface area contributed by atoms with Crippen LogP contribution in [0.15, 0.2) is 84.9 Å².